The SMILES string of the molecule is [C-]#[N+]c1ccc2[nH]c(O)c(-c3ccc(CN4CCCCC4)cn3)c2c1. The maximum absolute atomic E-state index is 10.3. The van der Waals surface area contributed by atoms with Gasteiger partial charge in [0.05, 0.1) is 17.8 Å². The van der Waals surface area contributed by atoms with Crippen molar-refractivity contribution in [3.63, 3.8) is 0 Å². The average molecular weight is 332 g/mol. The molecule has 3 heterocycles. The number of aromatic nitrogens is 2. The molecule has 0 unspecified atom stereocenters. The molecule has 4 rings (SSSR count). The van der Waals surface area contributed by atoms with Crippen LogP contribution in [0.1, 0.15) is 24.8 Å². The zero-order valence-corrected chi connectivity index (χ0v) is 14.0. The molecule has 25 heavy (non-hydrogen) atoms. The first-order valence-electron chi connectivity index (χ1n) is 8.64. The van der Waals surface area contributed by atoms with Gasteiger partial charge < -0.3 is 10.1 Å². The van der Waals surface area contributed by atoms with Crippen molar-refractivity contribution in [1.82, 2.24) is 14.9 Å². The summed E-state index contributed by atoms with van der Waals surface area (Å²) < 4.78 is 0. The van der Waals surface area contributed by atoms with Crippen LogP contribution in [0.2, 0.25) is 0 Å². The third-order valence-corrected chi connectivity index (χ3v) is 4.83. The second-order valence-electron chi connectivity index (χ2n) is 6.58. The van der Waals surface area contributed by atoms with Crippen LogP contribution >= 0.6 is 0 Å². The first-order valence-corrected chi connectivity index (χ1v) is 8.64. The third kappa shape index (κ3) is 3.09. The lowest BCUT2D eigenvalue weighted by Crippen LogP contribution is -2.29. The number of aromatic amines is 1. The Morgan fingerprint density at radius 3 is 2.72 bits per heavy atom. The molecule has 1 aliphatic rings. The van der Waals surface area contributed by atoms with Gasteiger partial charge in [-0.15, -0.1) is 0 Å². The topological polar surface area (TPSA) is 56.5 Å². The van der Waals surface area contributed by atoms with Crippen LogP contribution in [0.4, 0.5) is 5.69 Å². The predicted molar refractivity (Wildman–Crippen MR) is 98.6 cm³/mol. The molecule has 1 aliphatic heterocycles. The molecule has 1 aromatic carbocycles. The van der Waals surface area contributed by atoms with Gasteiger partial charge in [0.1, 0.15) is 0 Å². The van der Waals surface area contributed by atoms with Gasteiger partial charge in [-0.2, -0.15) is 0 Å². The molecule has 0 amide bonds. The molecule has 0 radical (unpaired) electrons. The first kappa shape index (κ1) is 15.7. The Balaban J connectivity index is 1.64. The minimum atomic E-state index is 0.0911. The van der Waals surface area contributed by atoms with Crippen molar-refractivity contribution >= 4 is 16.6 Å². The van der Waals surface area contributed by atoms with Crippen molar-refractivity contribution in [2.75, 3.05) is 13.1 Å². The van der Waals surface area contributed by atoms with Crippen LogP contribution in [-0.2, 0) is 6.54 Å². The maximum atomic E-state index is 10.3. The van der Waals surface area contributed by atoms with Crippen LogP contribution in [0, 0.1) is 6.57 Å². The molecular formula is C20H20N4O. The quantitative estimate of drug-likeness (QED) is 0.696. The van der Waals surface area contributed by atoms with E-state index >= 15 is 0 Å². The number of benzene rings is 1. The number of hydrogen-bond acceptors (Lipinski definition) is 3. The number of piperidine rings is 1. The van der Waals surface area contributed by atoms with E-state index in [0.29, 0.717) is 16.9 Å². The summed E-state index contributed by atoms with van der Waals surface area (Å²) >= 11 is 0. The van der Waals surface area contributed by atoms with Gasteiger partial charge in [0.25, 0.3) is 0 Å². The minimum Gasteiger partial charge on any atom is -0.494 e. The molecule has 0 spiro atoms. The van der Waals surface area contributed by atoms with E-state index in [0.717, 1.165) is 30.5 Å². The fraction of sp³-hybridized carbons (Fsp3) is 0.300. The van der Waals surface area contributed by atoms with Crippen molar-refractivity contribution in [1.29, 1.82) is 0 Å². The largest absolute Gasteiger partial charge is 0.494 e. The number of H-pyrrole nitrogens is 1. The van der Waals surface area contributed by atoms with Gasteiger partial charge in [0.2, 0.25) is 0 Å². The molecule has 0 bridgehead atoms. The molecule has 5 nitrogen and oxygen atoms in total. The zero-order valence-electron chi connectivity index (χ0n) is 14.0. The van der Waals surface area contributed by atoms with E-state index in [-0.39, 0.29) is 5.88 Å². The van der Waals surface area contributed by atoms with Crippen LogP contribution < -0.4 is 0 Å². The van der Waals surface area contributed by atoms with Crippen LogP contribution in [0.15, 0.2) is 36.5 Å². The van der Waals surface area contributed by atoms with Crippen molar-refractivity contribution < 1.29 is 5.11 Å². The summed E-state index contributed by atoms with van der Waals surface area (Å²) in [4.78, 5) is 13.5. The summed E-state index contributed by atoms with van der Waals surface area (Å²) in [5, 5.41) is 11.1. The second-order valence-corrected chi connectivity index (χ2v) is 6.58. The van der Waals surface area contributed by atoms with Crippen LogP contribution in [0.25, 0.3) is 27.0 Å². The lowest BCUT2D eigenvalue weighted by molar-refractivity contribution is 0.220. The lowest BCUT2D eigenvalue weighted by Gasteiger charge is -2.26. The molecule has 2 aromatic heterocycles. The fourth-order valence-corrected chi connectivity index (χ4v) is 3.54. The summed E-state index contributed by atoms with van der Waals surface area (Å²) in [5.74, 6) is 0.0911. The maximum Gasteiger partial charge on any atom is 0.199 e. The summed E-state index contributed by atoms with van der Waals surface area (Å²) in [5.41, 5.74) is 3.92. The Hall–Kier alpha value is -2.84. The number of likely N-dealkylation sites (tertiary alicyclic amines) is 1. The Morgan fingerprint density at radius 1 is 1.16 bits per heavy atom. The Morgan fingerprint density at radius 2 is 2.00 bits per heavy atom. The van der Waals surface area contributed by atoms with Gasteiger partial charge in [0.15, 0.2) is 11.6 Å². The molecule has 0 saturated carbocycles. The Labute approximate surface area is 146 Å². The highest BCUT2D eigenvalue weighted by Crippen LogP contribution is 2.37. The standard InChI is InChI=1S/C20H20N4O/c1-21-15-6-8-17-16(11-15)19(20(25)23-17)18-7-5-14(12-22-18)13-24-9-3-2-4-10-24/h5-8,11-12,23,25H,2-4,9-10,13H2. The third-order valence-electron chi connectivity index (χ3n) is 4.83. The smallest absolute Gasteiger partial charge is 0.199 e. The van der Waals surface area contributed by atoms with Crippen LogP contribution in [0.3, 0.4) is 0 Å². The molecule has 5 heteroatoms. The van der Waals surface area contributed by atoms with Gasteiger partial charge in [0, 0.05) is 23.6 Å². The second kappa shape index (κ2) is 6.58. The molecule has 3 aromatic rings. The van der Waals surface area contributed by atoms with Gasteiger partial charge in [-0.25, -0.2) is 4.85 Å². The highest BCUT2D eigenvalue weighted by Gasteiger charge is 2.15. The number of aromatic hydroxyl groups is 1. The van der Waals surface area contributed by atoms with E-state index < -0.39 is 0 Å². The van der Waals surface area contributed by atoms with Crippen molar-refractivity contribution in [2.24, 2.45) is 0 Å². The Bertz CT molecular complexity index is 931. The summed E-state index contributed by atoms with van der Waals surface area (Å²) in [6.07, 6.45) is 5.78. The molecular weight excluding hydrogens is 312 g/mol. The minimum absolute atomic E-state index is 0.0911. The molecule has 0 aliphatic carbocycles. The highest BCUT2D eigenvalue weighted by atomic mass is 16.3. The number of pyridine rings is 1. The van der Waals surface area contributed by atoms with Crippen LogP contribution in [0.5, 0.6) is 5.88 Å². The normalized spacial score (nSPS) is 15.3. The number of hydrogen-bond donors (Lipinski definition) is 2. The number of rotatable bonds is 3. The first-order chi connectivity index (χ1) is 12.2. The van der Waals surface area contributed by atoms with E-state index in [1.807, 2.05) is 18.3 Å². The predicted octanol–water partition coefficient (Wildman–Crippen LogP) is 4.47. The summed E-state index contributed by atoms with van der Waals surface area (Å²) in [7, 11) is 0. The lowest BCUT2D eigenvalue weighted by atomic mass is 10.1. The van der Waals surface area contributed by atoms with E-state index in [1.54, 1.807) is 12.1 Å². The molecule has 2 N–H and O–H groups in total. The molecule has 1 saturated heterocycles. The summed E-state index contributed by atoms with van der Waals surface area (Å²) in [6, 6.07) is 9.37. The van der Waals surface area contributed by atoms with Crippen molar-refractivity contribution in [2.45, 2.75) is 25.8 Å². The highest BCUT2D eigenvalue weighted by molar-refractivity contribution is 5.99. The van der Waals surface area contributed by atoms with Crippen molar-refractivity contribution in [3.05, 3.63) is 53.5 Å². The van der Waals surface area contributed by atoms with Gasteiger partial charge in [-0.1, -0.05) is 18.6 Å². The van der Waals surface area contributed by atoms with E-state index in [2.05, 4.69) is 25.8 Å². The molecule has 0 atom stereocenters. The zero-order chi connectivity index (χ0) is 17.2. The number of nitrogens with one attached hydrogen (secondary N) is 1. The average Bonchev–Trinajstić information content (AvgIpc) is 2.98. The fourth-order valence-electron chi connectivity index (χ4n) is 3.54. The van der Waals surface area contributed by atoms with Gasteiger partial charge in [-0.3, -0.25) is 9.88 Å². The van der Waals surface area contributed by atoms with Crippen LogP contribution in [-0.4, -0.2) is 33.1 Å². The van der Waals surface area contributed by atoms with Gasteiger partial charge in [-0.05, 0) is 49.7 Å². The molecule has 126 valence electrons. The van der Waals surface area contributed by atoms with E-state index in [4.69, 9.17) is 6.57 Å². The van der Waals surface area contributed by atoms with E-state index in [9.17, 15) is 5.11 Å². The van der Waals surface area contributed by atoms with Gasteiger partial charge >= 0.3 is 0 Å². The Kier molecular flexibility index (Phi) is 4.12. The summed E-state index contributed by atoms with van der Waals surface area (Å²) in [6.45, 7) is 10.4. The number of nitrogens with zero attached hydrogens (tertiary/aromatic N) is 3. The molecule has 1 fully saturated rings. The monoisotopic (exact) mass is 332 g/mol. The van der Waals surface area contributed by atoms with E-state index in [1.165, 1.54) is 24.8 Å². The number of fused-ring (bicyclic) bond motifs is 1. The van der Waals surface area contributed by atoms with Crippen molar-refractivity contribution in [3.8, 4) is 17.1 Å².